The minimum absolute atomic E-state index is 0.161. The first-order valence-electron chi connectivity index (χ1n) is 10.9. The van der Waals surface area contributed by atoms with Gasteiger partial charge in [0, 0.05) is 36.1 Å². The third-order valence-electron chi connectivity index (χ3n) is 6.08. The van der Waals surface area contributed by atoms with E-state index in [0.29, 0.717) is 11.1 Å². The third-order valence-corrected chi connectivity index (χ3v) is 6.08. The average Bonchev–Trinajstić information content (AvgIpc) is 3.30. The van der Waals surface area contributed by atoms with Gasteiger partial charge in [0.05, 0.1) is 16.8 Å². The predicted octanol–water partition coefficient (Wildman–Crippen LogP) is 3.83. The summed E-state index contributed by atoms with van der Waals surface area (Å²) >= 11 is 0. The predicted molar refractivity (Wildman–Crippen MR) is 128 cm³/mol. The van der Waals surface area contributed by atoms with E-state index < -0.39 is 5.92 Å². The van der Waals surface area contributed by atoms with Crippen LogP contribution >= 0.6 is 0 Å². The summed E-state index contributed by atoms with van der Waals surface area (Å²) in [6.07, 6.45) is 0. The number of benzene rings is 2. The molecule has 4 rings (SSSR count). The van der Waals surface area contributed by atoms with Crippen LogP contribution in [-0.2, 0) is 0 Å². The van der Waals surface area contributed by atoms with E-state index in [9.17, 15) is 9.59 Å². The molecule has 0 aliphatic heterocycles. The highest BCUT2D eigenvalue weighted by molar-refractivity contribution is 5.52. The fourth-order valence-electron chi connectivity index (χ4n) is 4.41. The molecule has 4 aromatic rings. The molecule has 0 fully saturated rings. The number of aryl methyl sites for hydroxylation is 2. The first-order chi connectivity index (χ1) is 15.5. The van der Waals surface area contributed by atoms with Gasteiger partial charge in [0.15, 0.2) is 0 Å². The molecule has 7 heteroatoms. The minimum Gasteiger partial charge on any atom is -0.372 e. The molecule has 0 amide bonds. The lowest BCUT2D eigenvalue weighted by molar-refractivity contribution is 0.833. The first kappa shape index (κ1) is 21.5. The van der Waals surface area contributed by atoms with Crippen molar-refractivity contribution in [2.75, 3.05) is 18.0 Å². The lowest BCUT2D eigenvalue weighted by atomic mass is 9.85. The number of para-hydroxylation sites is 1. The van der Waals surface area contributed by atoms with E-state index in [1.807, 2.05) is 56.3 Å². The molecule has 0 saturated heterocycles. The Bertz CT molecular complexity index is 1310. The molecule has 2 aromatic heterocycles. The summed E-state index contributed by atoms with van der Waals surface area (Å²) < 4.78 is 1.54. The van der Waals surface area contributed by atoms with Crippen molar-refractivity contribution >= 4 is 5.69 Å². The van der Waals surface area contributed by atoms with Crippen LogP contribution in [0.3, 0.4) is 0 Å². The van der Waals surface area contributed by atoms with Gasteiger partial charge in [-0.3, -0.25) is 19.8 Å². The van der Waals surface area contributed by atoms with Crippen LogP contribution in [0.4, 0.5) is 5.69 Å². The molecular formula is C25H29N5O2. The van der Waals surface area contributed by atoms with Crippen molar-refractivity contribution in [3.8, 4) is 5.69 Å². The Morgan fingerprint density at radius 1 is 0.844 bits per heavy atom. The van der Waals surface area contributed by atoms with Crippen molar-refractivity contribution in [1.82, 2.24) is 20.0 Å². The molecule has 0 bridgehead atoms. The number of aromatic amines is 3. The fourth-order valence-corrected chi connectivity index (χ4v) is 4.41. The summed E-state index contributed by atoms with van der Waals surface area (Å²) in [6, 6.07) is 17.6. The van der Waals surface area contributed by atoms with Gasteiger partial charge in [-0.15, -0.1) is 0 Å². The molecule has 2 aromatic carbocycles. The molecule has 0 aliphatic carbocycles. The first-order valence-corrected chi connectivity index (χ1v) is 10.9. The quantitative estimate of drug-likeness (QED) is 0.415. The van der Waals surface area contributed by atoms with Crippen LogP contribution in [0.15, 0.2) is 64.2 Å². The largest absolute Gasteiger partial charge is 0.372 e. The second-order valence-corrected chi connectivity index (χ2v) is 7.94. The molecule has 1 atom stereocenters. The molecule has 2 heterocycles. The maximum absolute atomic E-state index is 13.6. The van der Waals surface area contributed by atoms with Gasteiger partial charge < -0.3 is 10.00 Å². The molecule has 0 spiro atoms. The van der Waals surface area contributed by atoms with E-state index in [4.69, 9.17) is 0 Å². The summed E-state index contributed by atoms with van der Waals surface area (Å²) in [6.45, 7) is 9.80. The number of anilines is 1. The zero-order chi connectivity index (χ0) is 22.8. The Kier molecular flexibility index (Phi) is 5.90. The Morgan fingerprint density at radius 3 is 2.06 bits per heavy atom. The molecule has 1 unspecified atom stereocenters. The molecule has 32 heavy (non-hydrogen) atoms. The van der Waals surface area contributed by atoms with Gasteiger partial charge >= 0.3 is 0 Å². The Hall–Kier alpha value is -3.74. The molecule has 7 nitrogen and oxygen atoms in total. The van der Waals surface area contributed by atoms with Gasteiger partial charge in [-0.1, -0.05) is 30.3 Å². The molecule has 0 radical (unpaired) electrons. The number of rotatable bonds is 7. The topological polar surface area (TPSA) is 89.7 Å². The normalized spacial score (nSPS) is 12.1. The maximum Gasteiger partial charge on any atom is 0.275 e. The van der Waals surface area contributed by atoms with Crippen LogP contribution in [-0.4, -0.2) is 33.1 Å². The van der Waals surface area contributed by atoms with Crippen LogP contribution in [0, 0.1) is 13.8 Å². The van der Waals surface area contributed by atoms with E-state index >= 15 is 0 Å². The van der Waals surface area contributed by atoms with Gasteiger partial charge in [-0.2, -0.15) is 0 Å². The summed E-state index contributed by atoms with van der Waals surface area (Å²) in [5.41, 5.74) is 4.96. The number of hydrogen-bond donors (Lipinski definition) is 3. The highest BCUT2D eigenvalue weighted by Crippen LogP contribution is 2.32. The smallest absolute Gasteiger partial charge is 0.275 e. The summed E-state index contributed by atoms with van der Waals surface area (Å²) in [4.78, 5) is 28.6. The Morgan fingerprint density at radius 2 is 1.50 bits per heavy atom. The van der Waals surface area contributed by atoms with Crippen LogP contribution < -0.4 is 16.0 Å². The zero-order valence-corrected chi connectivity index (χ0v) is 18.9. The SMILES string of the molecule is CCN(CC)c1ccc(C(c2c(C)[nH][nH]c2=O)c2c(C)[nH]n(-c3ccccc3)c2=O)cc1. The highest BCUT2D eigenvalue weighted by atomic mass is 16.1. The van der Waals surface area contributed by atoms with Crippen molar-refractivity contribution in [2.24, 2.45) is 0 Å². The van der Waals surface area contributed by atoms with Crippen LogP contribution in [0.1, 0.15) is 47.8 Å². The zero-order valence-electron chi connectivity index (χ0n) is 18.9. The Labute approximate surface area is 186 Å². The van der Waals surface area contributed by atoms with Crippen molar-refractivity contribution < 1.29 is 0 Å². The van der Waals surface area contributed by atoms with Gasteiger partial charge in [0.1, 0.15) is 0 Å². The Balaban J connectivity index is 1.91. The summed E-state index contributed by atoms with van der Waals surface area (Å²) in [7, 11) is 0. The van der Waals surface area contributed by atoms with Crippen molar-refractivity contribution in [1.29, 1.82) is 0 Å². The summed E-state index contributed by atoms with van der Waals surface area (Å²) in [5.74, 6) is -0.496. The van der Waals surface area contributed by atoms with E-state index in [0.717, 1.165) is 41.4 Å². The van der Waals surface area contributed by atoms with E-state index in [2.05, 4.69) is 46.2 Å². The van der Waals surface area contributed by atoms with Crippen LogP contribution in [0.25, 0.3) is 5.69 Å². The minimum atomic E-state index is -0.496. The maximum atomic E-state index is 13.6. The standard InChI is InChI=1S/C25H29N5O2/c1-5-29(6-2)19-14-12-18(13-15-19)23(21-16(3)26-27-24(21)31)22-17(4)28-30(25(22)32)20-10-8-7-9-11-20/h7-15,23,28H,5-6H2,1-4H3,(H2,26,27,31). The number of nitrogens with one attached hydrogen (secondary N) is 3. The molecular weight excluding hydrogens is 402 g/mol. The fraction of sp³-hybridized carbons (Fsp3) is 0.280. The van der Waals surface area contributed by atoms with Crippen LogP contribution in [0.5, 0.6) is 0 Å². The number of aromatic nitrogens is 4. The molecule has 3 N–H and O–H groups in total. The number of H-pyrrole nitrogens is 3. The molecule has 0 aliphatic rings. The van der Waals surface area contributed by atoms with E-state index in [-0.39, 0.29) is 11.1 Å². The lowest BCUT2D eigenvalue weighted by Gasteiger charge is -2.22. The molecule has 166 valence electrons. The lowest BCUT2D eigenvalue weighted by Crippen LogP contribution is -2.24. The second-order valence-electron chi connectivity index (χ2n) is 7.94. The second kappa shape index (κ2) is 8.78. The van der Waals surface area contributed by atoms with E-state index in [1.54, 1.807) is 0 Å². The van der Waals surface area contributed by atoms with E-state index in [1.165, 1.54) is 4.68 Å². The monoisotopic (exact) mass is 431 g/mol. The third kappa shape index (κ3) is 3.70. The highest BCUT2D eigenvalue weighted by Gasteiger charge is 2.29. The van der Waals surface area contributed by atoms with Crippen molar-refractivity contribution in [3.63, 3.8) is 0 Å². The van der Waals surface area contributed by atoms with Gasteiger partial charge in [-0.25, -0.2) is 4.68 Å². The average molecular weight is 432 g/mol. The number of hydrogen-bond acceptors (Lipinski definition) is 3. The van der Waals surface area contributed by atoms with Gasteiger partial charge in [-0.05, 0) is 57.5 Å². The number of nitrogens with zero attached hydrogens (tertiary/aromatic N) is 2. The molecule has 0 saturated carbocycles. The van der Waals surface area contributed by atoms with Crippen molar-refractivity contribution in [2.45, 2.75) is 33.6 Å². The summed E-state index contributed by atoms with van der Waals surface area (Å²) in [5, 5.41) is 8.79. The van der Waals surface area contributed by atoms with Gasteiger partial charge in [0.25, 0.3) is 11.1 Å². The van der Waals surface area contributed by atoms with Crippen LogP contribution in [0.2, 0.25) is 0 Å². The van der Waals surface area contributed by atoms with Gasteiger partial charge in [0.2, 0.25) is 0 Å². The van der Waals surface area contributed by atoms with Crippen molar-refractivity contribution in [3.05, 3.63) is 103 Å².